The van der Waals surface area contributed by atoms with Crippen LogP contribution in [0.2, 0.25) is 5.02 Å². The fraction of sp³-hybridized carbons (Fsp3) is 0.667. The molecular formula is C15H24ClN3. The van der Waals surface area contributed by atoms with E-state index in [1.54, 1.807) is 6.20 Å². The summed E-state index contributed by atoms with van der Waals surface area (Å²) in [4.78, 5) is 6.68. The third kappa shape index (κ3) is 4.08. The molecule has 0 radical (unpaired) electrons. The van der Waals surface area contributed by atoms with Crippen molar-refractivity contribution in [3.05, 3.63) is 22.8 Å². The Labute approximate surface area is 121 Å². The Kier molecular flexibility index (Phi) is 4.69. The molecule has 106 valence electrons. The molecule has 1 aliphatic carbocycles. The van der Waals surface area contributed by atoms with E-state index >= 15 is 0 Å². The zero-order valence-corrected chi connectivity index (χ0v) is 13.0. The summed E-state index contributed by atoms with van der Waals surface area (Å²) in [6.45, 7) is 8.46. The maximum Gasteiger partial charge on any atom is 0.128 e. The number of nitrogens with zero attached hydrogens (tertiary/aromatic N) is 2. The molecule has 1 fully saturated rings. The van der Waals surface area contributed by atoms with Gasteiger partial charge in [0.05, 0.1) is 5.02 Å². The first kappa shape index (κ1) is 14.6. The SMILES string of the molecule is CC(C)NCc1cc(N(C)CC2CC2C)ncc1Cl. The molecule has 1 aliphatic rings. The average molecular weight is 282 g/mol. The van der Waals surface area contributed by atoms with Crippen molar-refractivity contribution in [1.29, 1.82) is 0 Å². The molecule has 1 aromatic rings. The second-order valence-corrected chi connectivity index (χ2v) is 6.43. The molecule has 1 heterocycles. The lowest BCUT2D eigenvalue weighted by atomic mass is 10.2. The van der Waals surface area contributed by atoms with E-state index in [4.69, 9.17) is 11.6 Å². The Hall–Kier alpha value is -0.800. The van der Waals surface area contributed by atoms with E-state index in [1.807, 2.05) is 0 Å². The van der Waals surface area contributed by atoms with Gasteiger partial charge in [-0.2, -0.15) is 0 Å². The highest BCUT2D eigenvalue weighted by Crippen LogP contribution is 2.38. The smallest absolute Gasteiger partial charge is 0.128 e. The normalized spacial score (nSPS) is 21.8. The standard InChI is InChI=1S/C15H24ClN3/c1-10(2)17-7-12-6-15(18-8-14(12)16)19(4)9-13-5-11(13)3/h6,8,10-11,13,17H,5,7,9H2,1-4H3. The van der Waals surface area contributed by atoms with Gasteiger partial charge in [0, 0.05) is 32.4 Å². The van der Waals surface area contributed by atoms with E-state index in [0.717, 1.165) is 41.3 Å². The van der Waals surface area contributed by atoms with Gasteiger partial charge in [0.15, 0.2) is 0 Å². The number of hydrogen-bond acceptors (Lipinski definition) is 3. The molecule has 0 amide bonds. The van der Waals surface area contributed by atoms with Crippen molar-refractivity contribution in [2.24, 2.45) is 11.8 Å². The lowest BCUT2D eigenvalue weighted by Gasteiger charge is -2.19. The van der Waals surface area contributed by atoms with Crippen LogP contribution in [0.1, 0.15) is 32.8 Å². The summed E-state index contributed by atoms with van der Waals surface area (Å²) in [6.07, 6.45) is 3.11. The predicted octanol–water partition coefficient (Wildman–Crippen LogP) is 3.33. The maximum absolute atomic E-state index is 6.20. The second kappa shape index (κ2) is 6.10. The largest absolute Gasteiger partial charge is 0.359 e. The van der Waals surface area contributed by atoms with Gasteiger partial charge in [-0.25, -0.2) is 4.98 Å². The van der Waals surface area contributed by atoms with Crippen molar-refractivity contribution < 1.29 is 0 Å². The molecule has 1 N–H and O–H groups in total. The van der Waals surface area contributed by atoms with Crippen LogP contribution in [0.3, 0.4) is 0 Å². The van der Waals surface area contributed by atoms with Crippen LogP contribution in [0.4, 0.5) is 5.82 Å². The van der Waals surface area contributed by atoms with Crippen LogP contribution in [0.15, 0.2) is 12.3 Å². The third-order valence-corrected chi connectivity index (χ3v) is 4.14. The first-order chi connectivity index (χ1) is 8.97. The Morgan fingerprint density at radius 3 is 2.79 bits per heavy atom. The van der Waals surface area contributed by atoms with Crippen molar-refractivity contribution in [1.82, 2.24) is 10.3 Å². The monoisotopic (exact) mass is 281 g/mol. The Morgan fingerprint density at radius 2 is 2.21 bits per heavy atom. The molecule has 2 rings (SSSR count). The average Bonchev–Trinajstić information content (AvgIpc) is 3.03. The van der Waals surface area contributed by atoms with E-state index in [0.29, 0.717) is 6.04 Å². The fourth-order valence-electron chi connectivity index (χ4n) is 2.22. The number of pyridine rings is 1. The van der Waals surface area contributed by atoms with Gasteiger partial charge in [-0.3, -0.25) is 0 Å². The molecule has 2 unspecified atom stereocenters. The number of aromatic nitrogens is 1. The summed E-state index contributed by atoms with van der Waals surface area (Å²) >= 11 is 6.20. The van der Waals surface area contributed by atoms with E-state index < -0.39 is 0 Å². The van der Waals surface area contributed by atoms with Crippen molar-refractivity contribution in [3.63, 3.8) is 0 Å². The quantitative estimate of drug-likeness (QED) is 0.867. The van der Waals surface area contributed by atoms with Crippen LogP contribution in [0.5, 0.6) is 0 Å². The molecule has 4 heteroatoms. The maximum atomic E-state index is 6.20. The Morgan fingerprint density at radius 1 is 1.53 bits per heavy atom. The van der Waals surface area contributed by atoms with Crippen LogP contribution in [-0.2, 0) is 6.54 Å². The first-order valence-electron chi connectivity index (χ1n) is 7.06. The van der Waals surface area contributed by atoms with E-state index in [1.165, 1.54) is 6.42 Å². The van der Waals surface area contributed by atoms with Crippen LogP contribution in [-0.4, -0.2) is 24.6 Å². The van der Waals surface area contributed by atoms with Gasteiger partial charge in [-0.05, 0) is 29.9 Å². The van der Waals surface area contributed by atoms with Gasteiger partial charge < -0.3 is 10.2 Å². The summed E-state index contributed by atoms with van der Waals surface area (Å²) in [7, 11) is 2.11. The minimum absolute atomic E-state index is 0.456. The molecule has 1 saturated carbocycles. The van der Waals surface area contributed by atoms with Crippen LogP contribution in [0.25, 0.3) is 0 Å². The van der Waals surface area contributed by atoms with Crippen LogP contribution >= 0.6 is 11.6 Å². The van der Waals surface area contributed by atoms with E-state index in [9.17, 15) is 0 Å². The molecule has 0 bridgehead atoms. The molecular weight excluding hydrogens is 258 g/mol. The molecule has 0 aromatic carbocycles. The van der Waals surface area contributed by atoms with Crippen molar-refractivity contribution >= 4 is 17.4 Å². The van der Waals surface area contributed by atoms with Crippen LogP contribution in [0, 0.1) is 11.8 Å². The number of halogens is 1. The van der Waals surface area contributed by atoms with Gasteiger partial charge in [0.2, 0.25) is 0 Å². The summed E-state index contributed by atoms with van der Waals surface area (Å²) in [6, 6.07) is 2.56. The molecule has 19 heavy (non-hydrogen) atoms. The predicted molar refractivity (Wildman–Crippen MR) is 81.8 cm³/mol. The zero-order chi connectivity index (χ0) is 14.0. The minimum Gasteiger partial charge on any atom is -0.359 e. The fourth-order valence-corrected chi connectivity index (χ4v) is 2.39. The van der Waals surface area contributed by atoms with Gasteiger partial charge in [0.1, 0.15) is 5.82 Å². The Bertz CT molecular complexity index is 433. The lowest BCUT2D eigenvalue weighted by molar-refractivity contribution is 0.588. The summed E-state index contributed by atoms with van der Waals surface area (Å²) < 4.78 is 0. The van der Waals surface area contributed by atoms with E-state index in [-0.39, 0.29) is 0 Å². The Balaban J connectivity index is 2.02. The van der Waals surface area contributed by atoms with Gasteiger partial charge in [-0.15, -0.1) is 0 Å². The summed E-state index contributed by atoms with van der Waals surface area (Å²) in [5.41, 5.74) is 1.12. The van der Waals surface area contributed by atoms with Gasteiger partial charge in [-0.1, -0.05) is 32.4 Å². The first-order valence-corrected chi connectivity index (χ1v) is 7.44. The molecule has 0 spiro atoms. The summed E-state index contributed by atoms with van der Waals surface area (Å²) in [5.74, 6) is 2.72. The number of anilines is 1. The second-order valence-electron chi connectivity index (χ2n) is 6.02. The molecule has 1 aromatic heterocycles. The molecule has 3 nitrogen and oxygen atoms in total. The molecule has 0 saturated heterocycles. The highest BCUT2D eigenvalue weighted by molar-refractivity contribution is 6.31. The lowest BCUT2D eigenvalue weighted by Crippen LogP contribution is -2.24. The van der Waals surface area contributed by atoms with E-state index in [2.05, 4.69) is 49.1 Å². The topological polar surface area (TPSA) is 28.2 Å². The number of hydrogen-bond donors (Lipinski definition) is 1. The minimum atomic E-state index is 0.456. The third-order valence-electron chi connectivity index (χ3n) is 3.80. The van der Waals surface area contributed by atoms with Crippen molar-refractivity contribution in [2.45, 2.75) is 39.8 Å². The highest BCUT2D eigenvalue weighted by Gasteiger charge is 2.33. The zero-order valence-electron chi connectivity index (χ0n) is 12.3. The van der Waals surface area contributed by atoms with Gasteiger partial charge in [0.25, 0.3) is 0 Å². The number of nitrogens with one attached hydrogen (secondary N) is 1. The van der Waals surface area contributed by atoms with Crippen molar-refractivity contribution in [3.8, 4) is 0 Å². The van der Waals surface area contributed by atoms with Crippen molar-refractivity contribution in [2.75, 3.05) is 18.5 Å². The van der Waals surface area contributed by atoms with Crippen LogP contribution < -0.4 is 10.2 Å². The molecule has 2 atom stereocenters. The summed E-state index contributed by atoms with van der Waals surface area (Å²) in [5, 5.41) is 4.14. The molecule has 0 aliphatic heterocycles. The number of rotatable bonds is 6. The highest BCUT2D eigenvalue weighted by atomic mass is 35.5. The van der Waals surface area contributed by atoms with Gasteiger partial charge >= 0.3 is 0 Å².